The average molecular weight is 319 g/mol. The molecule has 0 radical (unpaired) electrons. The first kappa shape index (κ1) is 17.5. The molecule has 0 unspecified atom stereocenters. The van der Waals surface area contributed by atoms with E-state index in [1.54, 1.807) is 7.11 Å². The summed E-state index contributed by atoms with van der Waals surface area (Å²) < 4.78 is 5.17. The van der Waals surface area contributed by atoms with Crippen molar-refractivity contribution in [2.45, 2.75) is 44.9 Å². The van der Waals surface area contributed by atoms with E-state index >= 15 is 0 Å². The molecule has 1 fully saturated rings. The number of ether oxygens (including phenoxy) is 1. The van der Waals surface area contributed by atoms with Gasteiger partial charge in [-0.15, -0.1) is 0 Å². The number of carboxylic acids is 1. The highest BCUT2D eigenvalue weighted by atomic mass is 16.5. The van der Waals surface area contributed by atoms with E-state index in [1.807, 2.05) is 24.3 Å². The van der Waals surface area contributed by atoms with Crippen LogP contribution in [0, 0.1) is 5.41 Å². The fourth-order valence-corrected chi connectivity index (χ4v) is 3.26. The van der Waals surface area contributed by atoms with Crippen LogP contribution in [0.5, 0.6) is 0 Å². The van der Waals surface area contributed by atoms with E-state index in [4.69, 9.17) is 9.84 Å². The molecule has 5 heteroatoms. The van der Waals surface area contributed by atoms with Crippen LogP contribution < -0.4 is 5.32 Å². The molecule has 0 heterocycles. The lowest BCUT2D eigenvalue weighted by molar-refractivity contribution is -0.137. The summed E-state index contributed by atoms with van der Waals surface area (Å²) in [6.07, 6.45) is 5.27. The third-order valence-corrected chi connectivity index (χ3v) is 4.64. The van der Waals surface area contributed by atoms with Crippen LogP contribution in [0.1, 0.15) is 44.1 Å². The van der Waals surface area contributed by atoms with Crippen LogP contribution in [0.25, 0.3) is 0 Å². The van der Waals surface area contributed by atoms with Crippen molar-refractivity contribution < 1.29 is 19.4 Å². The van der Waals surface area contributed by atoms with Gasteiger partial charge in [-0.3, -0.25) is 9.59 Å². The summed E-state index contributed by atoms with van der Waals surface area (Å²) in [4.78, 5) is 23.4. The number of aliphatic carboxylic acids is 1. The van der Waals surface area contributed by atoms with Gasteiger partial charge in [-0.1, -0.05) is 25.0 Å². The van der Waals surface area contributed by atoms with Crippen LogP contribution in [0.4, 0.5) is 5.69 Å². The summed E-state index contributed by atoms with van der Waals surface area (Å²) in [7, 11) is 1.66. The van der Waals surface area contributed by atoms with Gasteiger partial charge >= 0.3 is 5.97 Å². The quantitative estimate of drug-likeness (QED) is 0.771. The Morgan fingerprint density at radius 2 is 2.04 bits per heavy atom. The summed E-state index contributed by atoms with van der Waals surface area (Å²) >= 11 is 0. The Morgan fingerprint density at radius 1 is 1.30 bits per heavy atom. The Kier molecular flexibility index (Phi) is 6.16. The molecule has 2 rings (SSSR count). The summed E-state index contributed by atoms with van der Waals surface area (Å²) in [5.41, 5.74) is 1.33. The maximum Gasteiger partial charge on any atom is 0.303 e. The van der Waals surface area contributed by atoms with Gasteiger partial charge in [0.05, 0.1) is 5.41 Å². The highest BCUT2D eigenvalue weighted by Gasteiger charge is 2.40. The van der Waals surface area contributed by atoms with Crippen molar-refractivity contribution >= 4 is 17.6 Å². The second-order valence-corrected chi connectivity index (χ2v) is 6.28. The predicted octanol–water partition coefficient (Wildman–Crippen LogP) is 3.24. The van der Waals surface area contributed by atoms with E-state index in [1.165, 1.54) is 0 Å². The summed E-state index contributed by atoms with van der Waals surface area (Å²) in [6.45, 7) is 0.589. The van der Waals surface area contributed by atoms with E-state index in [-0.39, 0.29) is 17.7 Å². The zero-order valence-electron chi connectivity index (χ0n) is 13.6. The smallest absolute Gasteiger partial charge is 0.303 e. The standard InChI is InChI=1S/C18H25NO4/c1-23-12-11-18(9-2-3-10-18)17(22)19-15-6-4-5-14(13-15)7-8-16(20)21/h4-6,13H,2-3,7-12H2,1H3,(H,19,22)(H,20,21). The van der Waals surface area contributed by atoms with Crippen LogP contribution >= 0.6 is 0 Å². The normalized spacial score (nSPS) is 16.2. The van der Waals surface area contributed by atoms with Crippen molar-refractivity contribution in [3.63, 3.8) is 0 Å². The average Bonchev–Trinajstić information content (AvgIpc) is 3.01. The SMILES string of the molecule is COCCC1(C(=O)Nc2cccc(CCC(=O)O)c2)CCCC1. The number of hydrogen-bond acceptors (Lipinski definition) is 3. The molecule has 1 aromatic rings. The van der Waals surface area contributed by atoms with Crippen LogP contribution in [-0.2, 0) is 20.7 Å². The molecule has 126 valence electrons. The number of aryl methyl sites for hydroxylation is 1. The Balaban J connectivity index is 2.03. The molecular formula is C18H25NO4. The molecule has 2 N–H and O–H groups in total. The van der Waals surface area contributed by atoms with Crippen LogP contribution in [0.15, 0.2) is 24.3 Å². The fourth-order valence-electron chi connectivity index (χ4n) is 3.26. The lowest BCUT2D eigenvalue weighted by Crippen LogP contribution is -2.35. The molecular weight excluding hydrogens is 294 g/mol. The van der Waals surface area contributed by atoms with Crippen LogP contribution in [-0.4, -0.2) is 30.7 Å². The molecule has 0 aromatic heterocycles. The van der Waals surface area contributed by atoms with Gasteiger partial charge in [-0.2, -0.15) is 0 Å². The molecule has 0 bridgehead atoms. The van der Waals surface area contributed by atoms with Crippen molar-refractivity contribution in [2.75, 3.05) is 19.0 Å². The third-order valence-electron chi connectivity index (χ3n) is 4.64. The molecule has 1 amide bonds. The summed E-state index contributed by atoms with van der Waals surface area (Å²) in [5.74, 6) is -0.758. The van der Waals surface area contributed by atoms with Crippen molar-refractivity contribution in [1.82, 2.24) is 0 Å². The molecule has 1 saturated carbocycles. The topological polar surface area (TPSA) is 75.6 Å². The first-order valence-corrected chi connectivity index (χ1v) is 8.17. The van der Waals surface area contributed by atoms with Gasteiger partial charge in [-0.05, 0) is 43.4 Å². The Morgan fingerprint density at radius 3 is 2.70 bits per heavy atom. The summed E-state index contributed by atoms with van der Waals surface area (Å²) in [5, 5.41) is 11.8. The Bertz CT molecular complexity index is 550. The molecule has 0 saturated heterocycles. The van der Waals surface area contributed by atoms with E-state index < -0.39 is 5.97 Å². The van der Waals surface area contributed by atoms with Gasteiger partial charge in [0.15, 0.2) is 0 Å². The number of nitrogens with one attached hydrogen (secondary N) is 1. The largest absolute Gasteiger partial charge is 0.481 e. The van der Waals surface area contributed by atoms with Gasteiger partial charge in [0.25, 0.3) is 0 Å². The van der Waals surface area contributed by atoms with Crippen molar-refractivity contribution in [1.29, 1.82) is 0 Å². The number of rotatable bonds is 8. The van der Waals surface area contributed by atoms with E-state index in [2.05, 4.69) is 5.32 Å². The van der Waals surface area contributed by atoms with Gasteiger partial charge in [0.1, 0.15) is 0 Å². The van der Waals surface area contributed by atoms with Crippen LogP contribution in [0.2, 0.25) is 0 Å². The predicted molar refractivity (Wildman–Crippen MR) is 88.4 cm³/mol. The fraction of sp³-hybridized carbons (Fsp3) is 0.556. The number of carboxylic acid groups (broad SMARTS) is 1. The van der Waals surface area contributed by atoms with Gasteiger partial charge in [0.2, 0.25) is 5.91 Å². The minimum absolute atomic E-state index is 0.0578. The van der Waals surface area contributed by atoms with Crippen LogP contribution in [0.3, 0.4) is 0 Å². The number of amides is 1. The molecule has 5 nitrogen and oxygen atoms in total. The van der Waals surface area contributed by atoms with Crippen molar-refractivity contribution in [3.05, 3.63) is 29.8 Å². The maximum atomic E-state index is 12.8. The number of methoxy groups -OCH3 is 1. The second kappa shape index (κ2) is 8.11. The zero-order chi connectivity index (χ0) is 16.7. The third kappa shape index (κ3) is 4.79. The Labute approximate surface area is 137 Å². The van der Waals surface area contributed by atoms with Crippen molar-refractivity contribution in [2.24, 2.45) is 5.41 Å². The highest BCUT2D eigenvalue weighted by Crippen LogP contribution is 2.42. The molecule has 0 aliphatic heterocycles. The number of carbonyl (C=O) groups is 2. The minimum atomic E-state index is -0.816. The highest BCUT2D eigenvalue weighted by molar-refractivity contribution is 5.95. The Hall–Kier alpha value is -1.88. The zero-order valence-corrected chi connectivity index (χ0v) is 13.6. The van der Waals surface area contributed by atoms with Gasteiger partial charge < -0.3 is 15.2 Å². The second-order valence-electron chi connectivity index (χ2n) is 6.28. The monoisotopic (exact) mass is 319 g/mol. The molecule has 1 aliphatic rings. The molecule has 0 atom stereocenters. The van der Waals surface area contributed by atoms with E-state index in [0.717, 1.165) is 43.4 Å². The molecule has 1 aromatic carbocycles. The van der Waals surface area contributed by atoms with Gasteiger partial charge in [-0.25, -0.2) is 0 Å². The lowest BCUT2D eigenvalue weighted by atomic mass is 9.82. The molecule has 23 heavy (non-hydrogen) atoms. The first-order chi connectivity index (χ1) is 11.1. The van der Waals surface area contributed by atoms with E-state index in [0.29, 0.717) is 13.0 Å². The van der Waals surface area contributed by atoms with Gasteiger partial charge in [0, 0.05) is 25.8 Å². The summed E-state index contributed by atoms with van der Waals surface area (Å²) in [6, 6.07) is 7.44. The lowest BCUT2D eigenvalue weighted by Gasteiger charge is -2.27. The first-order valence-electron chi connectivity index (χ1n) is 8.17. The van der Waals surface area contributed by atoms with Crippen molar-refractivity contribution in [3.8, 4) is 0 Å². The van der Waals surface area contributed by atoms with E-state index in [9.17, 15) is 9.59 Å². The molecule has 1 aliphatic carbocycles. The number of benzene rings is 1. The maximum absolute atomic E-state index is 12.8. The number of carbonyl (C=O) groups excluding carboxylic acids is 1. The minimum Gasteiger partial charge on any atom is -0.481 e. The number of hydrogen-bond donors (Lipinski definition) is 2. The number of anilines is 1. The molecule has 0 spiro atoms.